The van der Waals surface area contributed by atoms with Crippen LogP contribution in [-0.4, -0.2) is 29.0 Å². The van der Waals surface area contributed by atoms with Crippen molar-refractivity contribution in [3.05, 3.63) is 48.2 Å². The summed E-state index contributed by atoms with van der Waals surface area (Å²) in [4.78, 5) is 12.3. The standard InChI is InChI=1S/C21H26N4O3/c26-21(22-14-17-7-8-18-19(13-17)28-12-4-11-27-18)24-20-9-10-23-25(20)15-16-5-2-1-3-6-16/h1-2,7-10,13,16H,3-6,11-12,14-15H2,(H2,22,24,26)/t16-/m1/s1. The minimum absolute atomic E-state index is 0.252. The number of nitrogens with zero attached hydrogens (tertiary/aromatic N) is 2. The van der Waals surface area contributed by atoms with Crippen molar-refractivity contribution in [2.45, 2.75) is 38.8 Å². The number of hydrogen-bond acceptors (Lipinski definition) is 4. The molecule has 2 amide bonds. The van der Waals surface area contributed by atoms with Crippen molar-refractivity contribution in [1.82, 2.24) is 15.1 Å². The third-order valence-corrected chi connectivity index (χ3v) is 5.03. The Kier molecular flexibility index (Phi) is 5.80. The second-order valence-corrected chi connectivity index (χ2v) is 7.19. The number of benzene rings is 1. The highest BCUT2D eigenvalue weighted by atomic mass is 16.5. The second kappa shape index (κ2) is 8.82. The zero-order valence-electron chi connectivity index (χ0n) is 15.9. The van der Waals surface area contributed by atoms with Crippen LogP contribution in [0.4, 0.5) is 10.6 Å². The molecule has 2 heterocycles. The monoisotopic (exact) mass is 382 g/mol. The van der Waals surface area contributed by atoms with Gasteiger partial charge in [0.2, 0.25) is 0 Å². The Morgan fingerprint density at radius 2 is 2.07 bits per heavy atom. The van der Waals surface area contributed by atoms with Crippen LogP contribution < -0.4 is 20.1 Å². The number of rotatable bonds is 5. The fraction of sp³-hybridized carbons (Fsp3) is 0.429. The van der Waals surface area contributed by atoms with Crippen LogP contribution in [0.3, 0.4) is 0 Å². The summed E-state index contributed by atoms with van der Waals surface area (Å²) in [6.07, 6.45) is 10.4. The molecule has 0 saturated carbocycles. The quantitative estimate of drug-likeness (QED) is 0.773. The van der Waals surface area contributed by atoms with E-state index in [1.54, 1.807) is 6.20 Å². The number of allylic oxidation sites excluding steroid dienone is 2. The van der Waals surface area contributed by atoms with Gasteiger partial charge in [0, 0.05) is 25.6 Å². The fourth-order valence-corrected chi connectivity index (χ4v) is 3.51. The zero-order chi connectivity index (χ0) is 19.2. The molecule has 7 nitrogen and oxygen atoms in total. The maximum Gasteiger partial charge on any atom is 0.320 e. The summed E-state index contributed by atoms with van der Waals surface area (Å²) in [6, 6.07) is 7.32. The van der Waals surface area contributed by atoms with Crippen LogP contribution in [0, 0.1) is 5.92 Å². The molecule has 7 heteroatoms. The second-order valence-electron chi connectivity index (χ2n) is 7.19. The molecular weight excluding hydrogens is 356 g/mol. The summed E-state index contributed by atoms with van der Waals surface area (Å²) in [6.45, 7) is 2.53. The zero-order valence-corrected chi connectivity index (χ0v) is 15.9. The molecule has 0 unspecified atom stereocenters. The van der Waals surface area contributed by atoms with E-state index in [0.717, 1.165) is 49.3 Å². The summed E-state index contributed by atoms with van der Waals surface area (Å²) in [5, 5.41) is 10.1. The maximum atomic E-state index is 12.3. The van der Waals surface area contributed by atoms with Gasteiger partial charge in [-0.05, 0) is 42.9 Å². The average Bonchev–Trinajstić information content (AvgIpc) is 3.00. The third kappa shape index (κ3) is 4.65. The molecule has 1 atom stereocenters. The smallest absolute Gasteiger partial charge is 0.320 e. The van der Waals surface area contributed by atoms with Crippen molar-refractivity contribution in [3.8, 4) is 11.5 Å². The number of ether oxygens (including phenoxy) is 2. The summed E-state index contributed by atoms with van der Waals surface area (Å²) in [5.41, 5.74) is 0.960. The molecule has 2 aliphatic rings. The van der Waals surface area contributed by atoms with Crippen molar-refractivity contribution in [2.24, 2.45) is 5.92 Å². The molecule has 0 spiro atoms. The number of aromatic nitrogens is 2. The molecule has 4 rings (SSSR count). The summed E-state index contributed by atoms with van der Waals surface area (Å²) in [7, 11) is 0. The van der Waals surface area contributed by atoms with Crippen molar-refractivity contribution >= 4 is 11.8 Å². The van der Waals surface area contributed by atoms with Gasteiger partial charge in [-0.25, -0.2) is 9.48 Å². The minimum atomic E-state index is -0.252. The molecule has 0 saturated heterocycles. The van der Waals surface area contributed by atoms with Crippen LogP contribution in [0.1, 0.15) is 31.2 Å². The van der Waals surface area contributed by atoms with Crippen LogP contribution in [0.15, 0.2) is 42.6 Å². The Morgan fingerprint density at radius 1 is 1.18 bits per heavy atom. The highest BCUT2D eigenvalue weighted by molar-refractivity contribution is 5.88. The van der Waals surface area contributed by atoms with Crippen molar-refractivity contribution in [2.75, 3.05) is 18.5 Å². The topological polar surface area (TPSA) is 77.4 Å². The van der Waals surface area contributed by atoms with E-state index >= 15 is 0 Å². The summed E-state index contributed by atoms with van der Waals surface area (Å²) >= 11 is 0. The molecule has 0 bridgehead atoms. The first-order chi connectivity index (χ1) is 13.8. The van der Waals surface area contributed by atoms with Crippen molar-refractivity contribution in [3.63, 3.8) is 0 Å². The van der Waals surface area contributed by atoms with E-state index in [9.17, 15) is 4.79 Å². The summed E-state index contributed by atoms with van der Waals surface area (Å²) < 4.78 is 13.2. The number of urea groups is 1. The van der Waals surface area contributed by atoms with Crippen molar-refractivity contribution in [1.29, 1.82) is 0 Å². The molecule has 2 aromatic rings. The molecule has 1 aromatic carbocycles. The number of nitrogens with one attached hydrogen (secondary N) is 2. The van der Waals surface area contributed by atoms with Gasteiger partial charge in [-0.2, -0.15) is 5.10 Å². The number of hydrogen-bond donors (Lipinski definition) is 2. The molecular formula is C21H26N4O3. The van der Waals surface area contributed by atoms with Gasteiger partial charge >= 0.3 is 6.03 Å². The number of carbonyl (C=O) groups excluding carboxylic acids is 1. The van der Waals surface area contributed by atoms with Crippen LogP contribution in [0.25, 0.3) is 0 Å². The van der Waals surface area contributed by atoms with Gasteiger partial charge < -0.3 is 14.8 Å². The van der Waals surface area contributed by atoms with E-state index in [1.807, 2.05) is 28.9 Å². The number of fused-ring (bicyclic) bond motifs is 1. The van der Waals surface area contributed by atoms with E-state index in [4.69, 9.17) is 9.47 Å². The predicted octanol–water partition coefficient (Wildman–Crippen LogP) is 3.72. The van der Waals surface area contributed by atoms with Crippen LogP contribution in [0.5, 0.6) is 11.5 Å². The molecule has 28 heavy (non-hydrogen) atoms. The maximum absolute atomic E-state index is 12.3. The van der Waals surface area contributed by atoms with E-state index in [1.165, 1.54) is 0 Å². The Morgan fingerprint density at radius 3 is 2.93 bits per heavy atom. The molecule has 0 fully saturated rings. The normalized spacial score (nSPS) is 18.4. The molecule has 1 aromatic heterocycles. The molecule has 1 aliphatic heterocycles. The van der Waals surface area contributed by atoms with Gasteiger partial charge in [0.05, 0.1) is 19.4 Å². The highest BCUT2D eigenvalue weighted by Gasteiger charge is 2.15. The number of amides is 2. The SMILES string of the molecule is O=C(NCc1ccc2c(c1)OCCCO2)Nc1ccnn1C[C@@H]1CC=CCC1. The average molecular weight is 382 g/mol. The first-order valence-electron chi connectivity index (χ1n) is 9.88. The lowest BCUT2D eigenvalue weighted by molar-refractivity contribution is 0.251. The van der Waals surface area contributed by atoms with Gasteiger partial charge in [0.15, 0.2) is 11.5 Å². The van der Waals surface area contributed by atoms with Gasteiger partial charge in [-0.3, -0.25) is 5.32 Å². The Bertz CT molecular complexity index is 846. The molecule has 2 N–H and O–H groups in total. The lowest BCUT2D eigenvalue weighted by atomic mass is 9.94. The van der Waals surface area contributed by atoms with E-state index in [-0.39, 0.29) is 6.03 Å². The lowest BCUT2D eigenvalue weighted by Gasteiger charge is -2.19. The Balaban J connectivity index is 1.31. The first kappa shape index (κ1) is 18.4. The lowest BCUT2D eigenvalue weighted by Crippen LogP contribution is -2.29. The first-order valence-corrected chi connectivity index (χ1v) is 9.88. The molecule has 0 radical (unpaired) electrons. The van der Waals surface area contributed by atoms with E-state index in [0.29, 0.717) is 31.5 Å². The minimum Gasteiger partial charge on any atom is -0.490 e. The van der Waals surface area contributed by atoms with E-state index in [2.05, 4.69) is 27.9 Å². The van der Waals surface area contributed by atoms with E-state index < -0.39 is 0 Å². The van der Waals surface area contributed by atoms with Crippen LogP contribution in [-0.2, 0) is 13.1 Å². The van der Waals surface area contributed by atoms with Crippen LogP contribution in [0.2, 0.25) is 0 Å². The van der Waals surface area contributed by atoms with Gasteiger partial charge in [0.25, 0.3) is 0 Å². The highest BCUT2D eigenvalue weighted by Crippen LogP contribution is 2.30. The third-order valence-electron chi connectivity index (χ3n) is 5.03. The molecule has 148 valence electrons. The van der Waals surface area contributed by atoms with Gasteiger partial charge in [-0.15, -0.1) is 0 Å². The van der Waals surface area contributed by atoms with Crippen molar-refractivity contribution < 1.29 is 14.3 Å². The number of anilines is 1. The van der Waals surface area contributed by atoms with Crippen LogP contribution >= 0.6 is 0 Å². The largest absolute Gasteiger partial charge is 0.490 e. The predicted molar refractivity (Wildman–Crippen MR) is 107 cm³/mol. The van der Waals surface area contributed by atoms with Gasteiger partial charge in [0.1, 0.15) is 5.82 Å². The summed E-state index contributed by atoms with van der Waals surface area (Å²) in [5.74, 6) is 2.77. The fourth-order valence-electron chi connectivity index (χ4n) is 3.51. The number of carbonyl (C=O) groups is 1. The van der Waals surface area contributed by atoms with Gasteiger partial charge in [-0.1, -0.05) is 18.2 Å². The Labute approximate surface area is 164 Å². The molecule has 1 aliphatic carbocycles. The Hall–Kier alpha value is -2.96.